The maximum absolute atomic E-state index is 5.59. The molecule has 0 saturated heterocycles. The van der Waals surface area contributed by atoms with Crippen LogP contribution in [-0.4, -0.2) is 23.5 Å². The molecule has 1 aliphatic rings. The summed E-state index contributed by atoms with van der Waals surface area (Å²) in [5.41, 5.74) is 6.14. The van der Waals surface area contributed by atoms with E-state index in [0.717, 1.165) is 30.6 Å². The van der Waals surface area contributed by atoms with Crippen molar-refractivity contribution in [3.05, 3.63) is 34.5 Å². The Hall–Kier alpha value is -1.72. The fraction of sp³-hybridized carbons (Fsp3) is 0.333. The lowest BCUT2D eigenvalue weighted by atomic mass is 10.0. The number of terminal acetylenes is 1. The van der Waals surface area contributed by atoms with E-state index in [1.165, 1.54) is 22.2 Å². The molecule has 2 aromatic rings. The van der Waals surface area contributed by atoms with Crippen molar-refractivity contribution in [1.29, 1.82) is 0 Å². The second-order valence-corrected chi connectivity index (χ2v) is 4.95. The standard InChI is InChI=1S/C15H16N2/c1-4-11-7-10(2)8-12-13-9-17(3)6-5-14(13)16-15(11)12/h1,7-8,16H,5-6,9H2,2-3H3. The molecule has 2 heterocycles. The van der Waals surface area contributed by atoms with Gasteiger partial charge in [0.1, 0.15) is 0 Å². The first kappa shape index (κ1) is 10.4. The molecule has 86 valence electrons. The minimum atomic E-state index is 0.983. The summed E-state index contributed by atoms with van der Waals surface area (Å²) >= 11 is 0. The molecule has 0 atom stereocenters. The van der Waals surface area contributed by atoms with Gasteiger partial charge in [0.25, 0.3) is 0 Å². The molecule has 3 rings (SSSR count). The molecular weight excluding hydrogens is 208 g/mol. The maximum Gasteiger partial charge on any atom is 0.0618 e. The first-order valence-electron chi connectivity index (χ1n) is 5.98. The van der Waals surface area contributed by atoms with Crippen LogP contribution in [0, 0.1) is 19.3 Å². The zero-order chi connectivity index (χ0) is 12.0. The highest BCUT2D eigenvalue weighted by Crippen LogP contribution is 2.29. The van der Waals surface area contributed by atoms with E-state index < -0.39 is 0 Å². The van der Waals surface area contributed by atoms with Crippen LogP contribution in [0.15, 0.2) is 12.1 Å². The molecule has 1 aromatic heterocycles. The number of nitrogens with zero attached hydrogens (tertiary/aromatic N) is 1. The highest BCUT2D eigenvalue weighted by molar-refractivity contribution is 5.90. The number of aryl methyl sites for hydroxylation is 1. The molecule has 2 heteroatoms. The van der Waals surface area contributed by atoms with Gasteiger partial charge in [-0.05, 0) is 37.2 Å². The van der Waals surface area contributed by atoms with Crippen LogP contribution in [0.25, 0.3) is 10.9 Å². The Morgan fingerprint density at radius 3 is 3.00 bits per heavy atom. The minimum Gasteiger partial charge on any atom is -0.357 e. The van der Waals surface area contributed by atoms with Crippen molar-refractivity contribution in [3.63, 3.8) is 0 Å². The molecule has 0 saturated carbocycles. The van der Waals surface area contributed by atoms with Gasteiger partial charge in [0.15, 0.2) is 0 Å². The van der Waals surface area contributed by atoms with E-state index in [9.17, 15) is 0 Å². The van der Waals surface area contributed by atoms with Gasteiger partial charge in [-0.2, -0.15) is 0 Å². The topological polar surface area (TPSA) is 19.0 Å². The van der Waals surface area contributed by atoms with Crippen LogP contribution < -0.4 is 0 Å². The van der Waals surface area contributed by atoms with E-state index in [1.807, 2.05) is 0 Å². The zero-order valence-corrected chi connectivity index (χ0v) is 10.3. The summed E-state index contributed by atoms with van der Waals surface area (Å²) in [5.74, 6) is 2.79. The summed E-state index contributed by atoms with van der Waals surface area (Å²) in [6, 6.07) is 4.32. The third-order valence-corrected chi connectivity index (χ3v) is 3.58. The van der Waals surface area contributed by atoms with Gasteiger partial charge >= 0.3 is 0 Å². The number of benzene rings is 1. The highest BCUT2D eigenvalue weighted by Gasteiger charge is 2.19. The normalized spacial score (nSPS) is 15.8. The van der Waals surface area contributed by atoms with Crippen LogP contribution in [0.5, 0.6) is 0 Å². The number of nitrogens with one attached hydrogen (secondary N) is 1. The van der Waals surface area contributed by atoms with E-state index in [0.29, 0.717) is 0 Å². The molecule has 0 bridgehead atoms. The SMILES string of the molecule is C#Cc1cc(C)cc2c3c([nH]c12)CCN(C)C3. The lowest BCUT2D eigenvalue weighted by Crippen LogP contribution is -2.25. The molecule has 0 fully saturated rings. The third-order valence-electron chi connectivity index (χ3n) is 3.58. The molecule has 0 radical (unpaired) electrons. The number of likely N-dealkylation sites (N-methyl/N-ethyl adjacent to an activating group) is 1. The van der Waals surface area contributed by atoms with E-state index in [1.54, 1.807) is 0 Å². The Balaban J connectivity index is 2.33. The third kappa shape index (κ3) is 1.55. The number of H-pyrrole nitrogens is 1. The summed E-state index contributed by atoms with van der Waals surface area (Å²) in [4.78, 5) is 5.87. The molecule has 1 aromatic carbocycles. The molecular formula is C15H16N2. The second kappa shape index (κ2) is 3.65. The summed E-state index contributed by atoms with van der Waals surface area (Å²) in [6.45, 7) is 4.24. The molecule has 0 aliphatic carbocycles. The maximum atomic E-state index is 5.59. The van der Waals surface area contributed by atoms with Crippen molar-refractivity contribution in [3.8, 4) is 12.3 Å². The average molecular weight is 224 g/mol. The van der Waals surface area contributed by atoms with Crippen LogP contribution in [0.4, 0.5) is 0 Å². The fourth-order valence-corrected chi connectivity index (χ4v) is 2.71. The van der Waals surface area contributed by atoms with Crippen LogP contribution in [-0.2, 0) is 13.0 Å². The van der Waals surface area contributed by atoms with E-state index in [4.69, 9.17) is 6.42 Å². The Bertz CT molecular complexity index is 628. The largest absolute Gasteiger partial charge is 0.357 e. The Kier molecular flexibility index (Phi) is 2.24. The van der Waals surface area contributed by atoms with Gasteiger partial charge in [-0.15, -0.1) is 6.42 Å². The molecule has 0 amide bonds. The fourth-order valence-electron chi connectivity index (χ4n) is 2.71. The van der Waals surface area contributed by atoms with Crippen LogP contribution in [0.2, 0.25) is 0 Å². The van der Waals surface area contributed by atoms with Gasteiger partial charge in [0, 0.05) is 36.2 Å². The van der Waals surface area contributed by atoms with Crippen molar-refractivity contribution in [2.75, 3.05) is 13.6 Å². The second-order valence-electron chi connectivity index (χ2n) is 4.95. The van der Waals surface area contributed by atoms with Crippen LogP contribution in [0.1, 0.15) is 22.4 Å². The smallest absolute Gasteiger partial charge is 0.0618 e. The first-order valence-corrected chi connectivity index (χ1v) is 5.98. The predicted molar refractivity (Wildman–Crippen MR) is 71.0 cm³/mol. The minimum absolute atomic E-state index is 0.983. The monoisotopic (exact) mass is 224 g/mol. The molecule has 17 heavy (non-hydrogen) atoms. The Morgan fingerprint density at radius 1 is 1.41 bits per heavy atom. The Morgan fingerprint density at radius 2 is 2.24 bits per heavy atom. The van der Waals surface area contributed by atoms with Gasteiger partial charge < -0.3 is 9.88 Å². The van der Waals surface area contributed by atoms with Crippen molar-refractivity contribution >= 4 is 10.9 Å². The number of hydrogen-bond acceptors (Lipinski definition) is 1. The van der Waals surface area contributed by atoms with Crippen LogP contribution in [0.3, 0.4) is 0 Å². The van der Waals surface area contributed by atoms with Crippen LogP contribution >= 0.6 is 0 Å². The first-order chi connectivity index (χ1) is 8.19. The summed E-state index contributed by atoms with van der Waals surface area (Å²) in [5, 5.41) is 1.31. The van der Waals surface area contributed by atoms with Gasteiger partial charge in [-0.1, -0.05) is 5.92 Å². The van der Waals surface area contributed by atoms with Gasteiger partial charge in [0.05, 0.1) is 5.52 Å². The predicted octanol–water partition coefficient (Wildman–Crippen LogP) is 2.45. The molecule has 1 aliphatic heterocycles. The van der Waals surface area contributed by atoms with Crippen molar-refractivity contribution in [2.24, 2.45) is 0 Å². The van der Waals surface area contributed by atoms with Gasteiger partial charge in [-0.25, -0.2) is 0 Å². The lowest BCUT2D eigenvalue weighted by Gasteiger charge is -2.22. The molecule has 2 nitrogen and oxygen atoms in total. The molecule has 0 spiro atoms. The summed E-state index contributed by atoms with van der Waals surface area (Å²) < 4.78 is 0. The van der Waals surface area contributed by atoms with Gasteiger partial charge in [-0.3, -0.25) is 0 Å². The summed E-state index contributed by atoms with van der Waals surface area (Å²) in [6.07, 6.45) is 6.68. The molecule has 0 unspecified atom stereocenters. The summed E-state index contributed by atoms with van der Waals surface area (Å²) in [7, 11) is 2.17. The number of fused-ring (bicyclic) bond motifs is 3. The number of aromatic nitrogens is 1. The van der Waals surface area contributed by atoms with Gasteiger partial charge in [0.2, 0.25) is 0 Å². The lowest BCUT2D eigenvalue weighted by molar-refractivity contribution is 0.313. The average Bonchev–Trinajstić information content (AvgIpc) is 2.66. The Labute approximate surface area is 102 Å². The van der Waals surface area contributed by atoms with Crippen molar-refractivity contribution < 1.29 is 0 Å². The van der Waals surface area contributed by atoms with Crippen molar-refractivity contribution in [1.82, 2.24) is 9.88 Å². The quantitative estimate of drug-likeness (QED) is 0.681. The molecule has 1 N–H and O–H groups in total. The van der Waals surface area contributed by atoms with E-state index >= 15 is 0 Å². The number of rotatable bonds is 0. The zero-order valence-electron chi connectivity index (χ0n) is 10.3. The van der Waals surface area contributed by atoms with E-state index in [2.05, 4.69) is 41.9 Å². The highest BCUT2D eigenvalue weighted by atomic mass is 15.1. The number of aromatic amines is 1. The van der Waals surface area contributed by atoms with E-state index in [-0.39, 0.29) is 0 Å². The number of hydrogen-bond donors (Lipinski definition) is 1. The van der Waals surface area contributed by atoms with Crippen molar-refractivity contribution in [2.45, 2.75) is 19.9 Å².